The van der Waals surface area contributed by atoms with E-state index in [9.17, 15) is 0 Å². The smallest absolute Gasteiger partial charge is 0.132 e. The van der Waals surface area contributed by atoms with Crippen LogP contribution in [0.2, 0.25) is 0 Å². The fourth-order valence-electron chi connectivity index (χ4n) is 1.66. The molecule has 0 aliphatic rings. The molecule has 0 aliphatic carbocycles. The molecule has 0 fully saturated rings. The van der Waals surface area contributed by atoms with Gasteiger partial charge in [-0.3, -0.25) is 0 Å². The quantitative estimate of drug-likeness (QED) is 0.877. The van der Waals surface area contributed by atoms with Crippen LogP contribution in [0.25, 0.3) is 0 Å². The second kappa shape index (κ2) is 4.95. The summed E-state index contributed by atoms with van der Waals surface area (Å²) in [4.78, 5) is 8.39. The van der Waals surface area contributed by atoms with Crippen molar-refractivity contribution < 1.29 is 0 Å². The summed E-state index contributed by atoms with van der Waals surface area (Å²) in [7, 11) is 0. The highest BCUT2D eigenvalue weighted by molar-refractivity contribution is 5.31. The number of nitrogens with zero attached hydrogens (tertiary/aromatic N) is 2. The maximum absolute atomic E-state index is 5.55. The lowest BCUT2D eigenvalue weighted by molar-refractivity contribution is 0.864. The van der Waals surface area contributed by atoms with Gasteiger partial charge in [-0.1, -0.05) is 38.1 Å². The Morgan fingerprint density at radius 3 is 2.18 bits per heavy atom. The molecule has 17 heavy (non-hydrogen) atoms. The van der Waals surface area contributed by atoms with Crippen molar-refractivity contribution in [2.45, 2.75) is 26.2 Å². The van der Waals surface area contributed by atoms with E-state index in [0.717, 1.165) is 12.2 Å². The summed E-state index contributed by atoms with van der Waals surface area (Å²) in [5.41, 5.74) is 8.72. The predicted octanol–water partition coefficient (Wildman–Crippen LogP) is 2.77. The van der Waals surface area contributed by atoms with Crippen LogP contribution in [0.5, 0.6) is 0 Å². The summed E-state index contributed by atoms with van der Waals surface area (Å²) < 4.78 is 0. The zero-order valence-electron chi connectivity index (χ0n) is 10.2. The molecular weight excluding hydrogens is 210 g/mol. The van der Waals surface area contributed by atoms with Gasteiger partial charge < -0.3 is 5.73 Å². The Labute approximate surface area is 102 Å². The minimum Gasteiger partial charge on any atom is -0.396 e. The van der Waals surface area contributed by atoms with E-state index in [0.29, 0.717) is 11.6 Å². The lowest BCUT2D eigenvalue weighted by atomic mass is 10.0. The van der Waals surface area contributed by atoms with E-state index in [4.69, 9.17) is 5.73 Å². The standard InChI is InChI=1S/C14H17N3/c1-10(2)12-5-3-11(4-6-12)7-14-16-8-13(15)9-17-14/h3-6,8-10H,7,15H2,1-2H3. The molecule has 0 unspecified atom stereocenters. The Balaban J connectivity index is 2.11. The summed E-state index contributed by atoms with van der Waals surface area (Å²) >= 11 is 0. The minimum absolute atomic E-state index is 0.567. The number of nitrogen functional groups attached to an aromatic ring is 1. The molecule has 0 radical (unpaired) electrons. The first kappa shape index (κ1) is 11.6. The van der Waals surface area contributed by atoms with Gasteiger partial charge in [0.1, 0.15) is 5.82 Å². The van der Waals surface area contributed by atoms with E-state index < -0.39 is 0 Å². The topological polar surface area (TPSA) is 51.8 Å². The molecule has 0 spiro atoms. The third-order valence-electron chi connectivity index (χ3n) is 2.73. The third-order valence-corrected chi connectivity index (χ3v) is 2.73. The number of benzene rings is 1. The maximum Gasteiger partial charge on any atom is 0.132 e. The molecule has 1 aromatic heterocycles. The zero-order chi connectivity index (χ0) is 12.3. The number of anilines is 1. The lowest BCUT2D eigenvalue weighted by Gasteiger charge is -2.06. The summed E-state index contributed by atoms with van der Waals surface area (Å²) in [6, 6.07) is 8.60. The summed E-state index contributed by atoms with van der Waals surface area (Å²) in [6.45, 7) is 4.39. The number of nitrogens with two attached hydrogens (primary N) is 1. The lowest BCUT2D eigenvalue weighted by Crippen LogP contribution is -1.98. The largest absolute Gasteiger partial charge is 0.396 e. The maximum atomic E-state index is 5.55. The fraction of sp³-hybridized carbons (Fsp3) is 0.286. The van der Waals surface area contributed by atoms with Crippen LogP contribution in [0, 0.1) is 0 Å². The SMILES string of the molecule is CC(C)c1ccc(Cc2ncc(N)cn2)cc1. The van der Waals surface area contributed by atoms with Crippen molar-refractivity contribution in [3.63, 3.8) is 0 Å². The third kappa shape index (κ3) is 3.03. The van der Waals surface area contributed by atoms with Gasteiger partial charge in [-0.05, 0) is 17.0 Å². The van der Waals surface area contributed by atoms with Gasteiger partial charge in [0, 0.05) is 6.42 Å². The van der Waals surface area contributed by atoms with Gasteiger partial charge >= 0.3 is 0 Å². The molecule has 0 aliphatic heterocycles. The van der Waals surface area contributed by atoms with Crippen molar-refractivity contribution in [2.24, 2.45) is 0 Å². The van der Waals surface area contributed by atoms with Crippen LogP contribution in [0.1, 0.15) is 36.7 Å². The van der Waals surface area contributed by atoms with Gasteiger partial charge in [-0.25, -0.2) is 9.97 Å². The van der Waals surface area contributed by atoms with Gasteiger partial charge in [-0.15, -0.1) is 0 Å². The molecular formula is C14H17N3. The number of rotatable bonds is 3. The number of hydrogen-bond acceptors (Lipinski definition) is 3. The number of hydrogen-bond donors (Lipinski definition) is 1. The van der Waals surface area contributed by atoms with Crippen molar-refractivity contribution in [1.82, 2.24) is 9.97 Å². The van der Waals surface area contributed by atoms with Crippen molar-refractivity contribution in [2.75, 3.05) is 5.73 Å². The van der Waals surface area contributed by atoms with Gasteiger partial charge in [0.2, 0.25) is 0 Å². The summed E-state index contributed by atoms with van der Waals surface area (Å²) in [6.07, 6.45) is 4.04. The molecule has 0 saturated carbocycles. The predicted molar refractivity (Wildman–Crippen MR) is 69.8 cm³/mol. The van der Waals surface area contributed by atoms with Gasteiger partial charge in [0.15, 0.2) is 0 Å². The van der Waals surface area contributed by atoms with E-state index in [1.165, 1.54) is 11.1 Å². The second-order valence-electron chi connectivity index (χ2n) is 4.51. The zero-order valence-corrected chi connectivity index (χ0v) is 10.2. The molecule has 3 heteroatoms. The van der Waals surface area contributed by atoms with Crippen LogP contribution >= 0.6 is 0 Å². The van der Waals surface area contributed by atoms with E-state index >= 15 is 0 Å². The van der Waals surface area contributed by atoms with E-state index in [2.05, 4.69) is 48.1 Å². The van der Waals surface area contributed by atoms with E-state index in [1.807, 2.05) is 0 Å². The molecule has 3 nitrogen and oxygen atoms in total. The monoisotopic (exact) mass is 227 g/mol. The Morgan fingerprint density at radius 1 is 1.06 bits per heavy atom. The molecule has 0 atom stereocenters. The highest BCUT2D eigenvalue weighted by Crippen LogP contribution is 2.15. The van der Waals surface area contributed by atoms with Gasteiger partial charge in [-0.2, -0.15) is 0 Å². The first-order chi connectivity index (χ1) is 8.15. The van der Waals surface area contributed by atoms with Crippen LogP contribution in [-0.4, -0.2) is 9.97 Å². The molecule has 1 aromatic carbocycles. The fourth-order valence-corrected chi connectivity index (χ4v) is 1.66. The average Bonchev–Trinajstić information content (AvgIpc) is 2.33. The molecule has 1 heterocycles. The Kier molecular flexibility index (Phi) is 3.38. The molecule has 0 amide bonds. The normalized spacial score (nSPS) is 10.8. The first-order valence-corrected chi connectivity index (χ1v) is 5.80. The van der Waals surface area contributed by atoms with Gasteiger partial charge in [0.05, 0.1) is 18.1 Å². The van der Waals surface area contributed by atoms with E-state index in [1.54, 1.807) is 12.4 Å². The van der Waals surface area contributed by atoms with Crippen LogP contribution in [0.15, 0.2) is 36.7 Å². The van der Waals surface area contributed by atoms with Crippen molar-refractivity contribution in [3.8, 4) is 0 Å². The van der Waals surface area contributed by atoms with Crippen molar-refractivity contribution in [1.29, 1.82) is 0 Å². The van der Waals surface area contributed by atoms with Crippen molar-refractivity contribution in [3.05, 3.63) is 53.6 Å². The highest BCUT2D eigenvalue weighted by Gasteiger charge is 2.01. The molecule has 0 bridgehead atoms. The molecule has 88 valence electrons. The second-order valence-corrected chi connectivity index (χ2v) is 4.51. The molecule has 0 saturated heterocycles. The molecule has 2 rings (SSSR count). The first-order valence-electron chi connectivity index (χ1n) is 5.80. The van der Waals surface area contributed by atoms with Crippen LogP contribution in [0.3, 0.4) is 0 Å². The Morgan fingerprint density at radius 2 is 1.65 bits per heavy atom. The highest BCUT2D eigenvalue weighted by atomic mass is 14.9. The average molecular weight is 227 g/mol. The number of aromatic nitrogens is 2. The Hall–Kier alpha value is -1.90. The minimum atomic E-state index is 0.567. The molecule has 2 N–H and O–H groups in total. The van der Waals surface area contributed by atoms with Crippen LogP contribution in [0.4, 0.5) is 5.69 Å². The summed E-state index contributed by atoms with van der Waals surface area (Å²) in [5.74, 6) is 1.37. The van der Waals surface area contributed by atoms with Crippen molar-refractivity contribution >= 4 is 5.69 Å². The van der Waals surface area contributed by atoms with Gasteiger partial charge in [0.25, 0.3) is 0 Å². The van der Waals surface area contributed by atoms with Crippen LogP contribution < -0.4 is 5.73 Å². The van der Waals surface area contributed by atoms with E-state index in [-0.39, 0.29) is 0 Å². The van der Waals surface area contributed by atoms with Crippen LogP contribution in [-0.2, 0) is 6.42 Å². The Bertz CT molecular complexity index is 472. The summed E-state index contributed by atoms with van der Waals surface area (Å²) in [5, 5.41) is 0. The molecule has 2 aromatic rings.